The molecule has 1 fully saturated rings. The third kappa shape index (κ3) is 5.14. The zero-order chi connectivity index (χ0) is 24.7. The lowest BCUT2D eigenvalue weighted by molar-refractivity contribution is -0.384. The Morgan fingerprint density at radius 1 is 1.18 bits per heavy atom. The van der Waals surface area contributed by atoms with Crippen LogP contribution < -0.4 is 13.3 Å². The smallest absolute Gasteiger partial charge is 0.307 e. The van der Waals surface area contributed by atoms with Crippen LogP contribution >= 0.6 is 23.0 Å². The molecule has 1 aliphatic heterocycles. The standard InChI is InChI=1S/C23H28IN7O3/c1-22(2)11-16(12-23(3,4)28-22)29(5)21-9-8-19(26-27-21)18-7-6-15(10-20(18)34-24)30-14-17(13-25-30)31(32)33/h6-10,13-14,16,28H,11-12H2,1-5H3. The summed E-state index contributed by atoms with van der Waals surface area (Å²) in [6, 6.07) is 9.68. The summed E-state index contributed by atoms with van der Waals surface area (Å²) < 4.78 is 6.98. The molecule has 180 valence electrons. The van der Waals surface area contributed by atoms with Crippen molar-refractivity contribution in [2.75, 3.05) is 11.9 Å². The highest BCUT2D eigenvalue weighted by Crippen LogP contribution is 2.35. The Morgan fingerprint density at radius 2 is 1.88 bits per heavy atom. The van der Waals surface area contributed by atoms with Crippen molar-refractivity contribution in [3.8, 4) is 22.7 Å². The molecule has 11 heteroatoms. The van der Waals surface area contributed by atoms with Crippen LogP contribution in [-0.2, 0) is 0 Å². The van der Waals surface area contributed by atoms with Gasteiger partial charge >= 0.3 is 5.69 Å². The van der Waals surface area contributed by atoms with Crippen molar-refractivity contribution < 1.29 is 7.99 Å². The highest BCUT2D eigenvalue weighted by atomic mass is 127. The molecular weight excluding hydrogens is 549 g/mol. The second-order valence-electron chi connectivity index (χ2n) is 10.0. The molecule has 1 aliphatic rings. The number of halogens is 1. The van der Waals surface area contributed by atoms with Crippen LogP contribution in [0.15, 0.2) is 42.7 Å². The van der Waals surface area contributed by atoms with Crippen molar-refractivity contribution in [2.45, 2.75) is 57.7 Å². The lowest BCUT2D eigenvalue weighted by Crippen LogP contribution is -2.62. The van der Waals surface area contributed by atoms with E-state index in [4.69, 9.17) is 3.07 Å². The minimum absolute atomic E-state index is 0.0390. The van der Waals surface area contributed by atoms with E-state index in [1.165, 1.54) is 17.1 Å². The third-order valence-electron chi connectivity index (χ3n) is 6.10. The molecule has 3 aromatic rings. The van der Waals surface area contributed by atoms with E-state index >= 15 is 0 Å². The van der Waals surface area contributed by atoms with Crippen molar-refractivity contribution in [2.24, 2.45) is 0 Å². The highest BCUT2D eigenvalue weighted by Gasteiger charge is 2.39. The van der Waals surface area contributed by atoms with Crippen LogP contribution in [0.5, 0.6) is 5.75 Å². The molecule has 1 aromatic carbocycles. The molecule has 0 spiro atoms. The Morgan fingerprint density at radius 3 is 2.44 bits per heavy atom. The number of hydrogen-bond donors (Lipinski definition) is 1. The second kappa shape index (κ2) is 9.10. The number of benzene rings is 1. The summed E-state index contributed by atoms with van der Waals surface area (Å²) in [6.07, 6.45) is 4.59. The van der Waals surface area contributed by atoms with E-state index in [1.54, 1.807) is 6.07 Å². The SMILES string of the molecule is CN(c1ccc(-c2ccc(-n3cc([N+](=O)[O-])cn3)cc2OI)nn1)C1CC(C)(C)NC(C)(C)C1. The molecule has 3 heterocycles. The van der Waals surface area contributed by atoms with Crippen molar-refractivity contribution in [3.05, 3.63) is 52.8 Å². The maximum atomic E-state index is 11.0. The number of hydrogen-bond acceptors (Lipinski definition) is 8. The van der Waals surface area contributed by atoms with Crippen LogP contribution in [-0.4, -0.2) is 49.1 Å². The molecule has 1 saturated heterocycles. The summed E-state index contributed by atoms with van der Waals surface area (Å²) in [5.74, 6) is 1.38. The zero-order valence-electron chi connectivity index (χ0n) is 19.8. The van der Waals surface area contributed by atoms with Gasteiger partial charge in [0.05, 0.1) is 16.3 Å². The zero-order valence-corrected chi connectivity index (χ0v) is 22.0. The number of nitro groups is 1. The van der Waals surface area contributed by atoms with Gasteiger partial charge < -0.3 is 13.3 Å². The highest BCUT2D eigenvalue weighted by molar-refractivity contribution is 14.1. The third-order valence-corrected chi connectivity index (χ3v) is 6.57. The first-order valence-corrected chi connectivity index (χ1v) is 11.8. The fourth-order valence-corrected chi connectivity index (χ4v) is 5.23. The summed E-state index contributed by atoms with van der Waals surface area (Å²) in [7, 11) is 2.07. The van der Waals surface area contributed by atoms with Crippen LogP contribution in [0.4, 0.5) is 11.5 Å². The Bertz CT molecular complexity index is 1180. The Hall–Kier alpha value is -2.80. The van der Waals surface area contributed by atoms with Gasteiger partial charge in [0.2, 0.25) is 0 Å². The van der Waals surface area contributed by atoms with Crippen LogP contribution in [0, 0.1) is 10.1 Å². The Labute approximate surface area is 212 Å². The maximum Gasteiger partial charge on any atom is 0.307 e. The predicted octanol–water partition coefficient (Wildman–Crippen LogP) is 4.71. The van der Waals surface area contributed by atoms with Gasteiger partial charge in [-0.15, -0.1) is 10.2 Å². The quantitative estimate of drug-likeness (QED) is 0.255. The monoisotopic (exact) mass is 577 g/mol. The van der Waals surface area contributed by atoms with Crippen molar-refractivity contribution in [3.63, 3.8) is 0 Å². The summed E-state index contributed by atoms with van der Waals surface area (Å²) in [6.45, 7) is 8.95. The van der Waals surface area contributed by atoms with E-state index < -0.39 is 4.92 Å². The molecule has 0 saturated carbocycles. The van der Waals surface area contributed by atoms with Gasteiger partial charge in [-0.1, -0.05) is 0 Å². The molecule has 0 atom stereocenters. The van der Waals surface area contributed by atoms with E-state index in [2.05, 4.69) is 60.3 Å². The largest absolute Gasteiger partial charge is 0.427 e. The molecule has 0 radical (unpaired) electrons. The first kappa shape index (κ1) is 24.3. The van der Waals surface area contributed by atoms with Crippen LogP contribution in [0.2, 0.25) is 0 Å². The summed E-state index contributed by atoms with van der Waals surface area (Å²) in [5.41, 5.74) is 2.09. The van der Waals surface area contributed by atoms with E-state index in [0.29, 0.717) is 23.2 Å². The Balaban J connectivity index is 1.57. The van der Waals surface area contributed by atoms with Gasteiger partial charge in [0.1, 0.15) is 18.1 Å². The van der Waals surface area contributed by atoms with Gasteiger partial charge in [0, 0.05) is 35.8 Å². The van der Waals surface area contributed by atoms with Gasteiger partial charge in [-0.25, -0.2) is 4.68 Å². The van der Waals surface area contributed by atoms with Gasteiger partial charge in [0.25, 0.3) is 0 Å². The van der Waals surface area contributed by atoms with Gasteiger partial charge in [-0.3, -0.25) is 10.1 Å². The molecule has 2 aromatic heterocycles. The summed E-state index contributed by atoms with van der Waals surface area (Å²) >= 11 is 1.81. The number of nitrogens with zero attached hydrogens (tertiary/aromatic N) is 6. The Kier molecular flexibility index (Phi) is 6.51. The molecule has 4 rings (SSSR count). The van der Waals surface area contributed by atoms with E-state index in [9.17, 15) is 10.1 Å². The van der Waals surface area contributed by atoms with Crippen molar-refractivity contribution >= 4 is 34.5 Å². The van der Waals surface area contributed by atoms with Crippen molar-refractivity contribution in [1.82, 2.24) is 25.3 Å². The van der Waals surface area contributed by atoms with Crippen LogP contribution in [0.1, 0.15) is 40.5 Å². The minimum Gasteiger partial charge on any atom is -0.427 e. The lowest BCUT2D eigenvalue weighted by Gasteiger charge is -2.49. The van der Waals surface area contributed by atoms with Crippen molar-refractivity contribution in [1.29, 1.82) is 0 Å². The number of nitrogens with one attached hydrogen (secondary N) is 1. The summed E-state index contributed by atoms with van der Waals surface area (Å²) in [5, 5.41) is 27.7. The summed E-state index contributed by atoms with van der Waals surface area (Å²) in [4.78, 5) is 12.7. The molecule has 0 amide bonds. The number of anilines is 1. The van der Waals surface area contributed by atoms with Gasteiger partial charge in [-0.05, 0) is 64.8 Å². The van der Waals surface area contributed by atoms with E-state index in [0.717, 1.165) is 24.2 Å². The van der Waals surface area contributed by atoms with Gasteiger partial charge in [-0.2, -0.15) is 5.10 Å². The fraction of sp³-hybridized carbons (Fsp3) is 0.435. The van der Waals surface area contributed by atoms with Gasteiger partial charge in [0.15, 0.2) is 28.8 Å². The molecule has 0 unspecified atom stereocenters. The maximum absolute atomic E-state index is 11.0. The minimum atomic E-state index is -0.479. The number of rotatable bonds is 6. The van der Waals surface area contributed by atoms with E-state index in [1.807, 2.05) is 47.3 Å². The topological polar surface area (TPSA) is 111 Å². The molecular formula is C23H28IN7O3. The van der Waals surface area contributed by atoms with Crippen LogP contribution in [0.25, 0.3) is 16.9 Å². The predicted molar refractivity (Wildman–Crippen MR) is 139 cm³/mol. The second-order valence-corrected chi connectivity index (χ2v) is 10.4. The molecule has 0 bridgehead atoms. The molecule has 34 heavy (non-hydrogen) atoms. The average molecular weight is 577 g/mol. The average Bonchev–Trinajstić information content (AvgIpc) is 3.27. The van der Waals surface area contributed by atoms with Crippen LogP contribution in [0.3, 0.4) is 0 Å². The normalized spacial score (nSPS) is 17.4. The lowest BCUT2D eigenvalue weighted by atomic mass is 9.79. The molecule has 0 aliphatic carbocycles. The fourth-order valence-electron chi connectivity index (χ4n) is 4.86. The number of aromatic nitrogens is 4. The number of piperidine rings is 1. The first-order valence-electron chi connectivity index (χ1n) is 11.0. The molecule has 10 nitrogen and oxygen atoms in total. The first-order chi connectivity index (χ1) is 16.0. The van der Waals surface area contributed by atoms with E-state index in [-0.39, 0.29) is 16.8 Å². The molecule has 1 N–H and O–H groups in total.